The smallest absolute Gasteiger partial charge is 0.307 e. The molecule has 0 unspecified atom stereocenters. The molecule has 2 aliphatic rings. The number of hydrogen-bond acceptors (Lipinski definition) is 4. The molecule has 0 N–H and O–H groups in total. The molecule has 2 heterocycles. The van der Waals surface area contributed by atoms with Crippen molar-refractivity contribution < 1.29 is 14.3 Å². The highest BCUT2D eigenvalue weighted by Crippen LogP contribution is 2.22. The molecular formula is C17H30N2O3. The van der Waals surface area contributed by atoms with Gasteiger partial charge in [-0.2, -0.15) is 0 Å². The summed E-state index contributed by atoms with van der Waals surface area (Å²) in [6.07, 6.45) is 4.58. The molecule has 2 fully saturated rings. The average molecular weight is 310 g/mol. The Balaban J connectivity index is 1.66. The highest BCUT2D eigenvalue weighted by Gasteiger charge is 2.29. The standard InChI is InChI=1S/C17H30N2O3/c1-17(2,3)22-15(20)8-13-18-11-6-14(7-12-18)16(21)19-9-4-5-10-19/h14H,4-13H2,1-3H3. The molecule has 2 aliphatic heterocycles. The van der Waals surface area contributed by atoms with Gasteiger partial charge in [-0.3, -0.25) is 9.59 Å². The Hall–Kier alpha value is -1.10. The van der Waals surface area contributed by atoms with Gasteiger partial charge < -0.3 is 14.5 Å². The van der Waals surface area contributed by atoms with Crippen molar-refractivity contribution in [3.05, 3.63) is 0 Å². The summed E-state index contributed by atoms with van der Waals surface area (Å²) < 4.78 is 5.33. The molecule has 0 spiro atoms. The first kappa shape index (κ1) is 17.3. The predicted molar refractivity (Wildman–Crippen MR) is 85.4 cm³/mol. The van der Waals surface area contributed by atoms with Gasteiger partial charge in [0.15, 0.2) is 0 Å². The minimum absolute atomic E-state index is 0.136. The first-order valence-electron chi connectivity index (χ1n) is 8.58. The van der Waals surface area contributed by atoms with Gasteiger partial charge in [0.05, 0.1) is 6.42 Å². The molecule has 22 heavy (non-hydrogen) atoms. The molecule has 5 nitrogen and oxygen atoms in total. The Labute approximate surface area is 134 Å². The van der Waals surface area contributed by atoms with Gasteiger partial charge in [0.2, 0.25) is 5.91 Å². The summed E-state index contributed by atoms with van der Waals surface area (Å²) in [5, 5.41) is 0. The van der Waals surface area contributed by atoms with Crippen LogP contribution in [-0.2, 0) is 14.3 Å². The number of nitrogens with zero attached hydrogens (tertiary/aromatic N) is 2. The summed E-state index contributed by atoms with van der Waals surface area (Å²) in [4.78, 5) is 28.4. The summed E-state index contributed by atoms with van der Waals surface area (Å²) >= 11 is 0. The fourth-order valence-electron chi connectivity index (χ4n) is 3.24. The van der Waals surface area contributed by atoms with E-state index < -0.39 is 5.60 Å². The monoisotopic (exact) mass is 310 g/mol. The minimum atomic E-state index is -0.410. The number of rotatable bonds is 4. The Bertz CT molecular complexity index is 389. The quantitative estimate of drug-likeness (QED) is 0.746. The van der Waals surface area contributed by atoms with Crippen LogP contribution >= 0.6 is 0 Å². The van der Waals surface area contributed by atoms with Crippen molar-refractivity contribution in [1.82, 2.24) is 9.80 Å². The molecule has 0 saturated carbocycles. The normalized spacial score (nSPS) is 21.1. The van der Waals surface area contributed by atoms with Gasteiger partial charge in [0, 0.05) is 25.6 Å². The van der Waals surface area contributed by atoms with Gasteiger partial charge in [-0.25, -0.2) is 0 Å². The Morgan fingerprint density at radius 3 is 2.18 bits per heavy atom. The molecule has 0 aromatic heterocycles. The van der Waals surface area contributed by atoms with Crippen LogP contribution in [0, 0.1) is 5.92 Å². The second kappa shape index (κ2) is 7.44. The fraction of sp³-hybridized carbons (Fsp3) is 0.882. The molecule has 126 valence electrons. The van der Waals surface area contributed by atoms with Gasteiger partial charge >= 0.3 is 5.97 Å². The number of likely N-dealkylation sites (tertiary alicyclic amines) is 2. The maximum absolute atomic E-state index is 12.4. The number of amides is 1. The zero-order valence-electron chi connectivity index (χ0n) is 14.3. The van der Waals surface area contributed by atoms with Gasteiger partial charge in [-0.15, -0.1) is 0 Å². The SMILES string of the molecule is CC(C)(C)OC(=O)CCN1CCC(C(=O)N2CCCC2)CC1. The van der Waals surface area contributed by atoms with E-state index in [2.05, 4.69) is 4.90 Å². The van der Waals surface area contributed by atoms with Crippen LogP contribution in [0.15, 0.2) is 0 Å². The molecule has 2 rings (SSSR count). The lowest BCUT2D eigenvalue weighted by Gasteiger charge is -2.33. The number of hydrogen-bond donors (Lipinski definition) is 0. The molecular weight excluding hydrogens is 280 g/mol. The van der Waals surface area contributed by atoms with Crippen molar-refractivity contribution in [3.8, 4) is 0 Å². The van der Waals surface area contributed by atoms with E-state index in [1.807, 2.05) is 25.7 Å². The van der Waals surface area contributed by atoms with E-state index in [4.69, 9.17) is 4.74 Å². The maximum Gasteiger partial charge on any atom is 0.307 e. The Morgan fingerprint density at radius 1 is 1.05 bits per heavy atom. The Kier molecular flexibility index (Phi) is 5.84. The number of ether oxygens (including phenoxy) is 1. The van der Waals surface area contributed by atoms with Crippen LogP contribution in [0.25, 0.3) is 0 Å². The zero-order chi connectivity index (χ0) is 16.2. The predicted octanol–water partition coefficient (Wildman–Crippen LogP) is 2.05. The van der Waals surface area contributed by atoms with Gasteiger partial charge in [0.25, 0.3) is 0 Å². The second-order valence-corrected chi connectivity index (χ2v) is 7.48. The first-order valence-corrected chi connectivity index (χ1v) is 8.58. The van der Waals surface area contributed by atoms with Crippen LogP contribution in [0.4, 0.5) is 0 Å². The molecule has 5 heteroatoms. The molecule has 0 aliphatic carbocycles. The van der Waals surface area contributed by atoms with E-state index in [1.165, 1.54) is 0 Å². The molecule has 2 saturated heterocycles. The summed E-state index contributed by atoms with van der Waals surface area (Å²) in [6.45, 7) is 10.1. The number of carbonyl (C=O) groups excluding carboxylic acids is 2. The molecule has 1 amide bonds. The number of esters is 1. The van der Waals surface area contributed by atoms with E-state index in [0.717, 1.165) is 58.4 Å². The highest BCUT2D eigenvalue weighted by molar-refractivity contribution is 5.79. The largest absolute Gasteiger partial charge is 0.460 e. The topological polar surface area (TPSA) is 49.9 Å². The third-order valence-corrected chi connectivity index (χ3v) is 4.41. The Morgan fingerprint density at radius 2 is 1.64 bits per heavy atom. The van der Waals surface area contributed by atoms with Crippen LogP contribution in [0.1, 0.15) is 52.9 Å². The number of piperidine rings is 1. The third-order valence-electron chi connectivity index (χ3n) is 4.41. The number of carbonyl (C=O) groups is 2. The van der Waals surface area contributed by atoms with Crippen molar-refractivity contribution in [2.45, 2.75) is 58.5 Å². The van der Waals surface area contributed by atoms with Gasteiger partial charge in [0.1, 0.15) is 5.60 Å². The van der Waals surface area contributed by atoms with Crippen molar-refractivity contribution in [2.24, 2.45) is 5.92 Å². The molecule has 0 radical (unpaired) electrons. The first-order chi connectivity index (χ1) is 10.3. The highest BCUT2D eigenvalue weighted by atomic mass is 16.6. The van der Waals surface area contributed by atoms with Crippen molar-refractivity contribution in [1.29, 1.82) is 0 Å². The van der Waals surface area contributed by atoms with Crippen molar-refractivity contribution >= 4 is 11.9 Å². The van der Waals surface area contributed by atoms with E-state index in [9.17, 15) is 9.59 Å². The van der Waals surface area contributed by atoms with Crippen LogP contribution < -0.4 is 0 Å². The fourth-order valence-corrected chi connectivity index (χ4v) is 3.24. The van der Waals surface area contributed by atoms with Crippen molar-refractivity contribution in [3.63, 3.8) is 0 Å². The van der Waals surface area contributed by atoms with E-state index in [1.54, 1.807) is 0 Å². The van der Waals surface area contributed by atoms with E-state index in [0.29, 0.717) is 12.3 Å². The van der Waals surface area contributed by atoms with Crippen LogP contribution in [-0.4, -0.2) is 60.0 Å². The summed E-state index contributed by atoms with van der Waals surface area (Å²) in [5.74, 6) is 0.405. The summed E-state index contributed by atoms with van der Waals surface area (Å²) in [7, 11) is 0. The lowest BCUT2D eigenvalue weighted by molar-refractivity contribution is -0.155. The van der Waals surface area contributed by atoms with Crippen molar-refractivity contribution in [2.75, 3.05) is 32.7 Å². The molecule has 0 aromatic rings. The van der Waals surface area contributed by atoms with Gasteiger partial charge in [-0.1, -0.05) is 0 Å². The van der Waals surface area contributed by atoms with E-state index in [-0.39, 0.29) is 11.9 Å². The summed E-state index contributed by atoms with van der Waals surface area (Å²) in [5.41, 5.74) is -0.410. The lowest BCUT2D eigenvalue weighted by Crippen LogP contribution is -2.42. The molecule has 0 bridgehead atoms. The molecule has 0 aromatic carbocycles. The maximum atomic E-state index is 12.4. The van der Waals surface area contributed by atoms with Crippen LogP contribution in [0.3, 0.4) is 0 Å². The summed E-state index contributed by atoms with van der Waals surface area (Å²) in [6, 6.07) is 0. The average Bonchev–Trinajstić information content (AvgIpc) is 2.97. The van der Waals surface area contributed by atoms with Gasteiger partial charge in [-0.05, 0) is 59.5 Å². The van der Waals surface area contributed by atoms with E-state index >= 15 is 0 Å². The second-order valence-electron chi connectivity index (χ2n) is 7.48. The minimum Gasteiger partial charge on any atom is -0.460 e. The lowest BCUT2D eigenvalue weighted by atomic mass is 9.95. The third kappa shape index (κ3) is 5.27. The molecule has 0 atom stereocenters. The van der Waals surface area contributed by atoms with Crippen LogP contribution in [0.2, 0.25) is 0 Å². The zero-order valence-corrected chi connectivity index (χ0v) is 14.3. The van der Waals surface area contributed by atoms with Crippen LogP contribution in [0.5, 0.6) is 0 Å².